The Morgan fingerprint density at radius 2 is 2.33 bits per heavy atom. The number of nitrogen functional groups attached to an aromatic ring is 1. The predicted octanol–water partition coefficient (Wildman–Crippen LogP) is 0.287. The molecule has 1 fully saturated rings. The predicted molar refractivity (Wildman–Crippen MR) is 69.4 cm³/mol. The van der Waals surface area contributed by atoms with Gasteiger partial charge in [0, 0.05) is 24.7 Å². The Balaban J connectivity index is 1.89. The molecule has 1 saturated heterocycles. The SMILES string of the molecule is Nc1cccc(/C=C/C(=O)NC2CNC(=O)C2)c1. The third-order valence-electron chi connectivity index (χ3n) is 2.66. The molecule has 94 valence electrons. The first-order valence-electron chi connectivity index (χ1n) is 5.74. The molecule has 0 spiro atoms. The molecule has 0 bridgehead atoms. The lowest BCUT2D eigenvalue weighted by atomic mass is 10.2. The van der Waals surface area contributed by atoms with Crippen molar-refractivity contribution in [2.75, 3.05) is 12.3 Å². The molecular formula is C13H15N3O2. The summed E-state index contributed by atoms with van der Waals surface area (Å²) in [5.74, 6) is -0.237. The number of carbonyl (C=O) groups excluding carboxylic acids is 2. The van der Waals surface area contributed by atoms with Crippen LogP contribution < -0.4 is 16.4 Å². The molecule has 0 aromatic heterocycles. The van der Waals surface area contributed by atoms with E-state index in [2.05, 4.69) is 10.6 Å². The van der Waals surface area contributed by atoms with Gasteiger partial charge in [0.2, 0.25) is 11.8 Å². The van der Waals surface area contributed by atoms with E-state index in [1.54, 1.807) is 18.2 Å². The summed E-state index contributed by atoms with van der Waals surface area (Å²) in [6.45, 7) is 0.497. The van der Waals surface area contributed by atoms with Crippen molar-refractivity contribution in [2.24, 2.45) is 0 Å². The van der Waals surface area contributed by atoms with Gasteiger partial charge in [-0.05, 0) is 23.8 Å². The smallest absolute Gasteiger partial charge is 0.244 e. The van der Waals surface area contributed by atoms with Crippen LogP contribution in [0.2, 0.25) is 0 Å². The van der Waals surface area contributed by atoms with Gasteiger partial charge >= 0.3 is 0 Å². The van der Waals surface area contributed by atoms with Gasteiger partial charge in [0.05, 0.1) is 6.04 Å². The normalized spacial score (nSPS) is 18.9. The van der Waals surface area contributed by atoms with Gasteiger partial charge in [-0.15, -0.1) is 0 Å². The molecule has 1 aromatic rings. The fraction of sp³-hybridized carbons (Fsp3) is 0.231. The fourth-order valence-corrected chi connectivity index (χ4v) is 1.79. The second-order valence-corrected chi connectivity index (χ2v) is 4.22. The number of hydrogen-bond acceptors (Lipinski definition) is 3. The van der Waals surface area contributed by atoms with Gasteiger partial charge in [-0.25, -0.2) is 0 Å². The van der Waals surface area contributed by atoms with Gasteiger partial charge in [0.15, 0.2) is 0 Å². The molecule has 18 heavy (non-hydrogen) atoms. The maximum Gasteiger partial charge on any atom is 0.244 e. The molecule has 1 aromatic carbocycles. The van der Waals surface area contributed by atoms with E-state index in [0.717, 1.165) is 5.56 Å². The van der Waals surface area contributed by atoms with Crippen LogP contribution in [0.1, 0.15) is 12.0 Å². The van der Waals surface area contributed by atoms with E-state index in [4.69, 9.17) is 5.73 Å². The number of amides is 2. The molecule has 1 unspecified atom stereocenters. The highest BCUT2D eigenvalue weighted by atomic mass is 16.2. The second-order valence-electron chi connectivity index (χ2n) is 4.22. The second kappa shape index (κ2) is 5.35. The Hall–Kier alpha value is -2.30. The lowest BCUT2D eigenvalue weighted by molar-refractivity contribution is -0.119. The lowest BCUT2D eigenvalue weighted by Gasteiger charge is -2.07. The van der Waals surface area contributed by atoms with Crippen molar-refractivity contribution in [1.82, 2.24) is 10.6 Å². The minimum Gasteiger partial charge on any atom is -0.399 e. The van der Waals surface area contributed by atoms with Crippen LogP contribution in [0.25, 0.3) is 6.08 Å². The average molecular weight is 245 g/mol. The zero-order valence-corrected chi connectivity index (χ0v) is 9.85. The van der Waals surface area contributed by atoms with Gasteiger partial charge in [-0.3, -0.25) is 9.59 Å². The molecule has 1 atom stereocenters. The first-order chi connectivity index (χ1) is 8.63. The maximum atomic E-state index is 11.6. The van der Waals surface area contributed by atoms with E-state index < -0.39 is 0 Å². The van der Waals surface area contributed by atoms with Crippen molar-refractivity contribution in [1.29, 1.82) is 0 Å². The number of hydrogen-bond donors (Lipinski definition) is 3. The molecule has 0 radical (unpaired) electrons. The van der Waals surface area contributed by atoms with Gasteiger partial charge < -0.3 is 16.4 Å². The van der Waals surface area contributed by atoms with Crippen molar-refractivity contribution < 1.29 is 9.59 Å². The molecule has 1 aliphatic heterocycles. The summed E-state index contributed by atoms with van der Waals surface area (Å²) < 4.78 is 0. The number of carbonyl (C=O) groups is 2. The number of anilines is 1. The summed E-state index contributed by atoms with van der Waals surface area (Å²) in [7, 11) is 0. The summed E-state index contributed by atoms with van der Waals surface area (Å²) >= 11 is 0. The first-order valence-corrected chi connectivity index (χ1v) is 5.74. The minimum atomic E-state index is -0.209. The van der Waals surface area contributed by atoms with Crippen LogP contribution in [0.5, 0.6) is 0 Å². The Labute approximate surface area is 105 Å². The minimum absolute atomic E-state index is 0.0277. The maximum absolute atomic E-state index is 11.6. The molecular weight excluding hydrogens is 230 g/mol. The van der Waals surface area contributed by atoms with Gasteiger partial charge in [0.1, 0.15) is 0 Å². The van der Waals surface area contributed by atoms with E-state index >= 15 is 0 Å². The summed E-state index contributed by atoms with van der Waals surface area (Å²) in [5, 5.41) is 5.42. The molecule has 2 rings (SSSR count). The number of nitrogens with one attached hydrogen (secondary N) is 2. The molecule has 5 nitrogen and oxygen atoms in total. The molecule has 4 N–H and O–H groups in total. The van der Waals surface area contributed by atoms with Crippen molar-refractivity contribution >= 4 is 23.6 Å². The third-order valence-corrected chi connectivity index (χ3v) is 2.66. The van der Waals surface area contributed by atoms with Crippen LogP contribution in [0.3, 0.4) is 0 Å². The van der Waals surface area contributed by atoms with Crippen LogP contribution in [-0.2, 0) is 9.59 Å². The summed E-state index contributed by atoms with van der Waals surface area (Å²) in [5.41, 5.74) is 7.15. The Morgan fingerprint density at radius 3 is 3.00 bits per heavy atom. The molecule has 1 heterocycles. The van der Waals surface area contributed by atoms with Gasteiger partial charge in [-0.2, -0.15) is 0 Å². The molecule has 0 saturated carbocycles. The van der Waals surface area contributed by atoms with E-state index in [9.17, 15) is 9.59 Å². The van der Waals surface area contributed by atoms with Crippen LogP contribution in [0, 0.1) is 0 Å². The first kappa shape index (κ1) is 12.2. The topological polar surface area (TPSA) is 84.2 Å². The van der Waals surface area contributed by atoms with Crippen LogP contribution in [0.15, 0.2) is 30.3 Å². The molecule has 1 aliphatic rings. The van der Waals surface area contributed by atoms with Crippen molar-refractivity contribution in [2.45, 2.75) is 12.5 Å². The molecule has 2 amide bonds. The lowest BCUT2D eigenvalue weighted by Crippen LogP contribution is -2.34. The van der Waals surface area contributed by atoms with Gasteiger partial charge in [0.25, 0.3) is 0 Å². The third kappa shape index (κ3) is 3.35. The Kier molecular flexibility index (Phi) is 3.62. The fourth-order valence-electron chi connectivity index (χ4n) is 1.79. The largest absolute Gasteiger partial charge is 0.399 e. The zero-order valence-electron chi connectivity index (χ0n) is 9.85. The highest BCUT2D eigenvalue weighted by Crippen LogP contribution is 2.08. The van der Waals surface area contributed by atoms with Crippen molar-refractivity contribution in [3.63, 3.8) is 0 Å². The van der Waals surface area contributed by atoms with Crippen LogP contribution >= 0.6 is 0 Å². The van der Waals surface area contributed by atoms with E-state index in [0.29, 0.717) is 18.7 Å². The molecule has 5 heteroatoms. The summed E-state index contributed by atoms with van der Waals surface area (Å²) in [4.78, 5) is 22.6. The van der Waals surface area contributed by atoms with E-state index in [-0.39, 0.29) is 17.9 Å². The highest BCUT2D eigenvalue weighted by molar-refractivity contribution is 5.92. The Bertz CT molecular complexity index is 497. The molecule has 0 aliphatic carbocycles. The van der Waals surface area contributed by atoms with Crippen LogP contribution in [-0.4, -0.2) is 24.4 Å². The van der Waals surface area contributed by atoms with Crippen molar-refractivity contribution in [3.05, 3.63) is 35.9 Å². The zero-order chi connectivity index (χ0) is 13.0. The van der Waals surface area contributed by atoms with Crippen LogP contribution in [0.4, 0.5) is 5.69 Å². The number of rotatable bonds is 3. The standard InChI is InChI=1S/C13H15N3O2/c14-10-3-1-2-9(6-10)4-5-12(17)16-11-7-13(18)15-8-11/h1-6,11H,7-8,14H2,(H,15,18)(H,16,17)/b5-4+. The number of benzene rings is 1. The quantitative estimate of drug-likeness (QED) is 0.528. The van der Waals surface area contributed by atoms with E-state index in [1.807, 2.05) is 12.1 Å². The average Bonchev–Trinajstić information content (AvgIpc) is 2.72. The Morgan fingerprint density at radius 1 is 1.50 bits per heavy atom. The number of nitrogens with two attached hydrogens (primary N) is 1. The summed E-state index contributed by atoms with van der Waals surface area (Å²) in [6.07, 6.45) is 3.48. The van der Waals surface area contributed by atoms with Gasteiger partial charge in [-0.1, -0.05) is 12.1 Å². The highest BCUT2D eigenvalue weighted by Gasteiger charge is 2.21. The van der Waals surface area contributed by atoms with Crippen molar-refractivity contribution in [3.8, 4) is 0 Å². The monoisotopic (exact) mass is 245 g/mol. The summed E-state index contributed by atoms with van der Waals surface area (Å²) in [6, 6.07) is 7.14. The van der Waals surface area contributed by atoms with E-state index in [1.165, 1.54) is 6.08 Å².